The van der Waals surface area contributed by atoms with Crippen molar-refractivity contribution in [3.8, 4) is 5.75 Å². The van der Waals surface area contributed by atoms with Crippen molar-refractivity contribution in [1.29, 1.82) is 0 Å². The van der Waals surface area contributed by atoms with Gasteiger partial charge in [0.05, 0.1) is 24.2 Å². The molecule has 2 heterocycles. The monoisotopic (exact) mass is 459 g/mol. The molecule has 0 unspecified atom stereocenters. The van der Waals surface area contributed by atoms with Gasteiger partial charge in [0.2, 0.25) is 5.95 Å². The van der Waals surface area contributed by atoms with Crippen molar-refractivity contribution in [3.63, 3.8) is 0 Å². The number of rotatable bonds is 8. The van der Waals surface area contributed by atoms with Gasteiger partial charge in [-0.2, -0.15) is 4.98 Å². The van der Waals surface area contributed by atoms with Gasteiger partial charge in [0.1, 0.15) is 11.6 Å². The summed E-state index contributed by atoms with van der Waals surface area (Å²) in [6, 6.07) is 14.5. The molecule has 0 saturated heterocycles. The number of nitrogens with one attached hydrogen (secondary N) is 1. The number of nitrogens with zero attached hydrogens (tertiary/aromatic N) is 5. The van der Waals surface area contributed by atoms with Crippen LogP contribution in [0.3, 0.4) is 0 Å². The van der Waals surface area contributed by atoms with Gasteiger partial charge in [-0.3, -0.25) is 0 Å². The van der Waals surface area contributed by atoms with Gasteiger partial charge in [-0.05, 0) is 50.7 Å². The number of likely N-dealkylation sites (N-methyl/N-ethyl adjacent to an activating group) is 2. The summed E-state index contributed by atoms with van der Waals surface area (Å²) in [6.45, 7) is 2.75. The fourth-order valence-corrected chi connectivity index (χ4v) is 4.75. The lowest BCUT2D eigenvalue weighted by atomic mass is 9.99. The fourth-order valence-electron chi connectivity index (χ4n) is 4.75. The number of nitrogens with two attached hydrogens (primary N) is 1. The number of anilines is 6. The lowest BCUT2D eigenvalue weighted by Crippen LogP contribution is -2.29. The summed E-state index contributed by atoms with van der Waals surface area (Å²) in [4.78, 5) is 15.9. The Hall–Kier alpha value is -3.52. The Bertz CT molecular complexity index is 1190. The number of ether oxygens (including phenoxy) is 1. The maximum atomic E-state index is 6.43. The molecule has 3 N–H and O–H groups in total. The van der Waals surface area contributed by atoms with Crippen LogP contribution in [0.2, 0.25) is 0 Å². The van der Waals surface area contributed by atoms with Crippen LogP contribution in [0.4, 0.5) is 34.5 Å². The normalized spacial score (nSPS) is 15.5. The maximum absolute atomic E-state index is 6.43. The molecule has 0 amide bonds. The van der Waals surface area contributed by atoms with Crippen LogP contribution in [0.1, 0.15) is 18.4 Å². The molecule has 34 heavy (non-hydrogen) atoms. The highest BCUT2D eigenvalue weighted by atomic mass is 16.5. The predicted octanol–water partition coefficient (Wildman–Crippen LogP) is 3.99. The Balaban J connectivity index is 1.39. The minimum Gasteiger partial charge on any atom is -0.494 e. The van der Waals surface area contributed by atoms with E-state index >= 15 is 0 Å². The third-order valence-electron chi connectivity index (χ3n) is 6.89. The van der Waals surface area contributed by atoms with Crippen LogP contribution in [0.5, 0.6) is 5.75 Å². The summed E-state index contributed by atoms with van der Waals surface area (Å²) in [5, 5.41) is 3.32. The van der Waals surface area contributed by atoms with Gasteiger partial charge in [0, 0.05) is 50.0 Å². The number of hydrogen-bond donors (Lipinski definition) is 2. The van der Waals surface area contributed by atoms with Crippen LogP contribution >= 0.6 is 0 Å². The summed E-state index contributed by atoms with van der Waals surface area (Å²) in [7, 11) is 7.82. The molecule has 2 aliphatic rings. The Morgan fingerprint density at radius 1 is 1.12 bits per heavy atom. The number of nitrogen functional groups attached to an aromatic ring is 1. The molecule has 0 radical (unpaired) electrons. The number of methoxy groups -OCH3 is 1. The van der Waals surface area contributed by atoms with E-state index < -0.39 is 0 Å². The van der Waals surface area contributed by atoms with E-state index in [1.807, 2.05) is 25.2 Å². The Morgan fingerprint density at radius 2 is 1.91 bits per heavy atom. The molecule has 1 aliphatic heterocycles. The quantitative estimate of drug-likeness (QED) is 0.489. The van der Waals surface area contributed by atoms with E-state index in [4.69, 9.17) is 15.5 Å². The highest BCUT2D eigenvalue weighted by Gasteiger charge is 2.52. The minimum absolute atomic E-state index is 0.293. The van der Waals surface area contributed by atoms with Crippen LogP contribution in [0.25, 0.3) is 0 Å². The van der Waals surface area contributed by atoms with E-state index in [9.17, 15) is 0 Å². The van der Waals surface area contributed by atoms with Crippen LogP contribution in [0, 0.1) is 0 Å². The molecular weight excluding hydrogens is 426 g/mol. The number of hydrogen-bond acceptors (Lipinski definition) is 8. The van der Waals surface area contributed by atoms with E-state index in [0.717, 1.165) is 36.8 Å². The summed E-state index contributed by atoms with van der Waals surface area (Å²) >= 11 is 0. The number of para-hydroxylation sites is 1. The van der Waals surface area contributed by atoms with Crippen molar-refractivity contribution in [2.24, 2.45) is 0 Å². The second-order valence-electron chi connectivity index (χ2n) is 9.58. The third-order valence-corrected chi connectivity index (χ3v) is 6.89. The van der Waals surface area contributed by atoms with Gasteiger partial charge in [0.15, 0.2) is 0 Å². The zero-order valence-corrected chi connectivity index (χ0v) is 20.4. The van der Waals surface area contributed by atoms with Crippen LogP contribution in [0.15, 0.2) is 48.7 Å². The first kappa shape index (κ1) is 22.3. The van der Waals surface area contributed by atoms with Crippen molar-refractivity contribution in [3.05, 3.63) is 54.2 Å². The molecule has 2 aromatic carbocycles. The number of fused-ring (bicyclic) bond motifs is 2. The molecule has 8 heteroatoms. The zero-order valence-electron chi connectivity index (χ0n) is 20.4. The zero-order chi connectivity index (χ0) is 23.9. The summed E-state index contributed by atoms with van der Waals surface area (Å²) in [5.41, 5.74) is 11.7. The van der Waals surface area contributed by atoms with E-state index in [1.165, 1.54) is 24.1 Å². The number of benzene rings is 2. The van der Waals surface area contributed by atoms with E-state index in [-0.39, 0.29) is 0 Å². The topological polar surface area (TPSA) is 82.8 Å². The molecule has 1 fully saturated rings. The first-order chi connectivity index (χ1) is 16.4. The van der Waals surface area contributed by atoms with Crippen LogP contribution in [-0.4, -0.2) is 62.8 Å². The second kappa shape index (κ2) is 8.68. The van der Waals surface area contributed by atoms with Crippen molar-refractivity contribution in [1.82, 2.24) is 14.9 Å². The van der Waals surface area contributed by atoms with E-state index in [0.29, 0.717) is 22.8 Å². The van der Waals surface area contributed by atoms with Gasteiger partial charge in [-0.15, -0.1) is 0 Å². The first-order valence-electron chi connectivity index (χ1n) is 11.7. The summed E-state index contributed by atoms with van der Waals surface area (Å²) < 4.78 is 5.68. The molecule has 1 aliphatic carbocycles. The molecule has 1 saturated carbocycles. The first-order valence-corrected chi connectivity index (χ1v) is 11.7. The van der Waals surface area contributed by atoms with E-state index in [1.54, 1.807) is 13.3 Å². The average Bonchev–Trinajstić information content (AvgIpc) is 3.54. The third kappa shape index (κ3) is 4.09. The minimum atomic E-state index is 0.293. The molecule has 1 spiro atoms. The Morgan fingerprint density at radius 3 is 2.65 bits per heavy atom. The Kier molecular flexibility index (Phi) is 5.69. The van der Waals surface area contributed by atoms with Gasteiger partial charge in [0.25, 0.3) is 0 Å². The highest BCUT2D eigenvalue weighted by Crippen LogP contribution is 2.57. The predicted molar refractivity (Wildman–Crippen MR) is 139 cm³/mol. The SMILES string of the molecule is COc1cc(N(C)CCN(C)C)c(N)cc1Nc1nccc(N2CC3(CC3)c3ccccc32)n1. The lowest BCUT2D eigenvalue weighted by Gasteiger charge is -2.24. The van der Waals surface area contributed by atoms with Gasteiger partial charge in [-0.1, -0.05) is 18.2 Å². The van der Waals surface area contributed by atoms with Gasteiger partial charge >= 0.3 is 0 Å². The van der Waals surface area contributed by atoms with Crippen molar-refractivity contribution >= 4 is 34.5 Å². The summed E-state index contributed by atoms with van der Waals surface area (Å²) in [6.07, 6.45) is 4.27. The van der Waals surface area contributed by atoms with Crippen molar-refractivity contribution < 1.29 is 4.74 Å². The Labute approximate surface area is 201 Å². The standard InChI is InChI=1S/C26H33N7O/c1-31(2)13-14-32(3)22-16-23(34-4)20(15-19(22)27)29-25-28-12-9-24(30-25)33-17-26(10-11-26)18-7-5-6-8-21(18)33/h5-9,12,15-16H,10-11,13-14,17,27H2,1-4H3,(H,28,29,30). The van der Waals surface area contributed by atoms with Crippen LogP contribution < -0.4 is 25.6 Å². The molecule has 178 valence electrons. The average molecular weight is 460 g/mol. The van der Waals surface area contributed by atoms with Crippen LogP contribution in [-0.2, 0) is 5.41 Å². The largest absolute Gasteiger partial charge is 0.494 e. The second-order valence-corrected chi connectivity index (χ2v) is 9.58. The maximum Gasteiger partial charge on any atom is 0.229 e. The molecule has 0 bridgehead atoms. The highest BCUT2D eigenvalue weighted by molar-refractivity contribution is 5.79. The molecule has 5 rings (SSSR count). The smallest absolute Gasteiger partial charge is 0.229 e. The number of aromatic nitrogens is 2. The molecule has 1 aromatic heterocycles. The molecule has 3 aromatic rings. The molecule has 0 atom stereocenters. The van der Waals surface area contributed by atoms with Gasteiger partial charge < -0.3 is 30.5 Å². The van der Waals surface area contributed by atoms with Crippen molar-refractivity contribution in [2.45, 2.75) is 18.3 Å². The van der Waals surface area contributed by atoms with E-state index in [2.05, 4.69) is 63.4 Å². The lowest BCUT2D eigenvalue weighted by molar-refractivity contribution is 0.413. The molecule has 8 nitrogen and oxygen atoms in total. The van der Waals surface area contributed by atoms with Gasteiger partial charge in [-0.25, -0.2) is 4.98 Å². The van der Waals surface area contributed by atoms with Crippen molar-refractivity contribution in [2.75, 3.05) is 68.7 Å². The summed E-state index contributed by atoms with van der Waals surface area (Å²) in [5.74, 6) is 2.09. The fraction of sp³-hybridized carbons (Fsp3) is 0.385. The molecular formula is C26H33N7O.